The van der Waals surface area contributed by atoms with Crippen molar-refractivity contribution in [3.8, 4) is 0 Å². The van der Waals surface area contributed by atoms with Crippen molar-refractivity contribution in [2.75, 3.05) is 0 Å². The van der Waals surface area contributed by atoms with E-state index in [1.54, 1.807) is 0 Å². The number of nitrogens with one attached hydrogen (secondary N) is 1. The quantitative estimate of drug-likeness (QED) is 0.883. The molecule has 1 unspecified atom stereocenters. The van der Waals surface area contributed by atoms with Gasteiger partial charge in [0.2, 0.25) is 0 Å². The molecule has 1 atom stereocenters. The molecule has 1 aromatic carbocycles. The fraction of sp³-hybridized carbons (Fsp3) is 0.312. The lowest BCUT2D eigenvalue weighted by Gasteiger charge is -2.17. The molecule has 0 aliphatic rings. The van der Waals surface area contributed by atoms with Crippen molar-refractivity contribution < 1.29 is 4.39 Å². The molecule has 2 nitrogen and oxygen atoms in total. The van der Waals surface area contributed by atoms with Gasteiger partial charge in [0.1, 0.15) is 5.82 Å². The fourth-order valence-electron chi connectivity index (χ4n) is 2.12. The molecule has 1 N–H and O–H groups in total. The molecule has 2 aromatic rings. The van der Waals surface area contributed by atoms with Gasteiger partial charge in [-0.3, -0.25) is 4.98 Å². The monoisotopic (exact) mass is 258 g/mol. The minimum atomic E-state index is -0.195. The van der Waals surface area contributed by atoms with E-state index in [1.807, 2.05) is 37.3 Å². The van der Waals surface area contributed by atoms with Crippen LogP contribution in [-0.4, -0.2) is 4.98 Å². The molecule has 0 bridgehead atoms. The molecule has 0 radical (unpaired) electrons. The summed E-state index contributed by atoms with van der Waals surface area (Å²) in [5.74, 6) is -0.195. The zero-order valence-corrected chi connectivity index (χ0v) is 11.4. The summed E-state index contributed by atoms with van der Waals surface area (Å²) >= 11 is 0. The second-order valence-electron chi connectivity index (χ2n) is 4.66. The second-order valence-corrected chi connectivity index (χ2v) is 4.66. The molecule has 1 aromatic heterocycles. The first-order chi connectivity index (χ1) is 9.19. The Labute approximate surface area is 113 Å². The number of aromatic nitrogens is 1. The van der Waals surface area contributed by atoms with Crippen LogP contribution in [0.15, 0.2) is 42.5 Å². The van der Waals surface area contributed by atoms with Gasteiger partial charge in [-0.2, -0.15) is 0 Å². The molecule has 0 saturated carbocycles. The predicted molar refractivity (Wildman–Crippen MR) is 75.2 cm³/mol. The van der Waals surface area contributed by atoms with Gasteiger partial charge >= 0.3 is 0 Å². The average Bonchev–Trinajstić information content (AvgIpc) is 2.41. The largest absolute Gasteiger partial charge is 0.304 e. The molecule has 0 fully saturated rings. The van der Waals surface area contributed by atoms with Gasteiger partial charge in [-0.05, 0) is 43.2 Å². The third-order valence-electron chi connectivity index (χ3n) is 3.16. The lowest BCUT2D eigenvalue weighted by atomic mass is 10.0. The first-order valence-corrected chi connectivity index (χ1v) is 6.60. The molecule has 0 spiro atoms. The highest BCUT2D eigenvalue weighted by Crippen LogP contribution is 2.17. The Balaban J connectivity index is 2.01. The van der Waals surface area contributed by atoms with Crippen LogP contribution >= 0.6 is 0 Å². The molecule has 0 aliphatic carbocycles. The second kappa shape index (κ2) is 6.43. The summed E-state index contributed by atoms with van der Waals surface area (Å²) < 4.78 is 12.9. The minimum Gasteiger partial charge on any atom is -0.304 e. The van der Waals surface area contributed by atoms with Crippen LogP contribution in [0.3, 0.4) is 0 Å². The Morgan fingerprint density at radius 1 is 1.16 bits per heavy atom. The van der Waals surface area contributed by atoms with Crippen molar-refractivity contribution in [2.24, 2.45) is 0 Å². The van der Waals surface area contributed by atoms with Crippen LogP contribution in [0.4, 0.5) is 4.39 Å². The number of pyridine rings is 1. The fourth-order valence-corrected chi connectivity index (χ4v) is 2.12. The Bertz CT molecular complexity index is 523. The molecular weight excluding hydrogens is 239 g/mol. The van der Waals surface area contributed by atoms with Crippen molar-refractivity contribution in [3.05, 3.63) is 65.2 Å². The molecular formula is C16H19FN2. The normalized spacial score (nSPS) is 12.4. The summed E-state index contributed by atoms with van der Waals surface area (Å²) in [6.07, 6.45) is 0.956. The van der Waals surface area contributed by atoms with Gasteiger partial charge in [0.05, 0.1) is 5.69 Å². The predicted octanol–water partition coefficient (Wildman–Crippen LogP) is 3.77. The smallest absolute Gasteiger partial charge is 0.123 e. The van der Waals surface area contributed by atoms with E-state index < -0.39 is 0 Å². The molecule has 0 aliphatic heterocycles. The van der Waals surface area contributed by atoms with Crippen LogP contribution in [0.25, 0.3) is 0 Å². The Morgan fingerprint density at radius 3 is 2.53 bits per heavy atom. The summed E-state index contributed by atoms with van der Waals surface area (Å²) in [4.78, 5) is 4.46. The number of rotatable bonds is 5. The zero-order valence-electron chi connectivity index (χ0n) is 11.4. The first-order valence-electron chi connectivity index (χ1n) is 6.60. The van der Waals surface area contributed by atoms with Crippen LogP contribution < -0.4 is 5.32 Å². The maximum atomic E-state index is 12.9. The third-order valence-corrected chi connectivity index (χ3v) is 3.16. The molecule has 2 rings (SSSR count). The van der Waals surface area contributed by atoms with Gasteiger partial charge in [-0.15, -0.1) is 0 Å². The molecule has 1 heterocycles. The third kappa shape index (κ3) is 3.86. The van der Waals surface area contributed by atoms with Crippen molar-refractivity contribution in [1.29, 1.82) is 0 Å². The van der Waals surface area contributed by atoms with Crippen LogP contribution in [0.5, 0.6) is 0 Å². The Kier molecular flexibility index (Phi) is 4.63. The van der Waals surface area contributed by atoms with Crippen molar-refractivity contribution in [3.63, 3.8) is 0 Å². The maximum Gasteiger partial charge on any atom is 0.123 e. The SMILES string of the molecule is CCC(NCc1cccc(C)n1)c1ccc(F)cc1. The van der Waals surface area contributed by atoms with Gasteiger partial charge < -0.3 is 5.32 Å². The number of benzene rings is 1. The van der Waals surface area contributed by atoms with Crippen LogP contribution in [0.2, 0.25) is 0 Å². The number of hydrogen-bond acceptors (Lipinski definition) is 2. The number of halogens is 1. The summed E-state index contributed by atoms with van der Waals surface area (Å²) in [5, 5.41) is 3.46. The highest BCUT2D eigenvalue weighted by atomic mass is 19.1. The van der Waals surface area contributed by atoms with Crippen LogP contribution in [-0.2, 0) is 6.54 Å². The van der Waals surface area contributed by atoms with E-state index in [4.69, 9.17) is 0 Å². The van der Waals surface area contributed by atoms with Gasteiger partial charge in [0, 0.05) is 18.3 Å². The van der Waals surface area contributed by atoms with Crippen LogP contribution in [0, 0.1) is 12.7 Å². The lowest BCUT2D eigenvalue weighted by molar-refractivity contribution is 0.512. The van der Waals surface area contributed by atoms with E-state index in [-0.39, 0.29) is 11.9 Å². The Morgan fingerprint density at radius 2 is 1.89 bits per heavy atom. The molecule has 0 saturated heterocycles. The summed E-state index contributed by atoms with van der Waals surface area (Å²) in [6, 6.07) is 12.9. The zero-order chi connectivity index (χ0) is 13.7. The summed E-state index contributed by atoms with van der Waals surface area (Å²) in [5.41, 5.74) is 3.16. The van der Waals surface area contributed by atoms with Crippen molar-refractivity contribution in [2.45, 2.75) is 32.9 Å². The topological polar surface area (TPSA) is 24.9 Å². The van der Waals surface area contributed by atoms with Gasteiger partial charge in [-0.1, -0.05) is 25.1 Å². The van der Waals surface area contributed by atoms with Gasteiger partial charge in [0.15, 0.2) is 0 Å². The molecule has 100 valence electrons. The number of hydrogen-bond donors (Lipinski definition) is 1. The van der Waals surface area contributed by atoms with E-state index in [9.17, 15) is 4.39 Å². The van der Waals surface area contributed by atoms with Crippen molar-refractivity contribution in [1.82, 2.24) is 10.3 Å². The first kappa shape index (κ1) is 13.7. The molecule has 19 heavy (non-hydrogen) atoms. The standard InChI is InChI=1S/C16H19FN2/c1-3-16(13-7-9-14(17)10-8-13)18-11-15-6-4-5-12(2)19-15/h4-10,16,18H,3,11H2,1-2H3. The lowest BCUT2D eigenvalue weighted by Crippen LogP contribution is -2.21. The number of nitrogens with zero attached hydrogens (tertiary/aromatic N) is 1. The highest BCUT2D eigenvalue weighted by molar-refractivity contribution is 5.20. The van der Waals surface area contributed by atoms with Gasteiger partial charge in [-0.25, -0.2) is 4.39 Å². The van der Waals surface area contributed by atoms with Gasteiger partial charge in [0.25, 0.3) is 0 Å². The van der Waals surface area contributed by atoms with E-state index in [1.165, 1.54) is 12.1 Å². The maximum absolute atomic E-state index is 12.9. The van der Waals surface area contributed by atoms with E-state index >= 15 is 0 Å². The Hall–Kier alpha value is -1.74. The van der Waals surface area contributed by atoms with E-state index in [0.29, 0.717) is 0 Å². The molecule has 3 heteroatoms. The van der Waals surface area contributed by atoms with Crippen molar-refractivity contribution >= 4 is 0 Å². The summed E-state index contributed by atoms with van der Waals surface area (Å²) in [6.45, 7) is 4.82. The van der Waals surface area contributed by atoms with E-state index in [2.05, 4.69) is 17.2 Å². The average molecular weight is 258 g/mol. The molecule has 0 amide bonds. The van der Waals surface area contributed by atoms with E-state index in [0.717, 1.165) is 29.9 Å². The highest BCUT2D eigenvalue weighted by Gasteiger charge is 2.09. The van der Waals surface area contributed by atoms with Crippen LogP contribution in [0.1, 0.15) is 36.3 Å². The minimum absolute atomic E-state index is 0.195. The summed E-state index contributed by atoms with van der Waals surface area (Å²) in [7, 11) is 0. The number of aryl methyl sites for hydroxylation is 1.